The van der Waals surface area contributed by atoms with Gasteiger partial charge in [0.2, 0.25) is 0 Å². The summed E-state index contributed by atoms with van der Waals surface area (Å²) >= 11 is 21.5. The van der Waals surface area contributed by atoms with E-state index in [2.05, 4.69) is 0 Å². The average Bonchev–Trinajstić information content (AvgIpc) is 2.69. The summed E-state index contributed by atoms with van der Waals surface area (Å²) in [7, 11) is 0. The van der Waals surface area contributed by atoms with E-state index in [1.807, 2.05) is 0 Å². The molecule has 0 aromatic carbocycles. The number of carbonyl (C=O) groups is 4. The Bertz CT molecular complexity index is 574. The van der Waals surface area contributed by atoms with Crippen molar-refractivity contribution in [2.45, 2.75) is 30.7 Å². The minimum absolute atomic E-state index is 0.470. The highest BCUT2D eigenvalue weighted by Gasteiger charge is 2.52. The summed E-state index contributed by atoms with van der Waals surface area (Å²) in [6, 6.07) is 0. The molecule has 1 N–H and O–H groups in total. The Morgan fingerprint density at radius 1 is 0.714 bits per heavy atom. The van der Waals surface area contributed by atoms with Crippen molar-refractivity contribution >= 4 is 70.3 Å². The highest BCUT2D eigenvalue weighted by atomic mass is 35.5. The average molecular weight is 486 g/mol. The Labute approximate surface area is 179 Å². The van der Waals surface area contributed by atoms with E-state index in [0.29, 0.717) is 0 Å². The van der Waals surface area contributed by atoms with Crippen LogP contribution in [-0.4, -0.2) is 89.8 Å². The molecule has 1 rings (SSSR count). The van der Waals surface area contributed by atoms with Gasteiger partial charge in [0.1, 0.15) is 36.2 Å². The molecule has 14 heteroatoms. The van der Waals surface area contributed by atoms with Crippen LogP contribution in [0.25, 0.3) is 0 Å². The molecule has 0 aromatic heterocycles. The lowest BCUT2D eigenvalue weighted by molar-refractivity contribution is -0.295. The number of aliphatic hydroxyl groups excluding tert-OH is 1. The predicted molar refractivity (Wildman–Crippen MR) is 94.4 cm³/mol. The van der Waals surface area contributed by atoms with Crippen LogP contribution in [0.2, 0.25) is 0 Å². The van der Waals surface area contributed by atoms with E-state index in [-0.39, 0.29) is 0 Å². The fraction of sp³-hybridized carbons (Fsp3) is 0.714. The Kier molecular flexibility index (Phi) is 11.2. The maximum Gasteiger partial charge on any atom is 0.321 e. The topological polar surface area (TPSA) is 135 Å². The lowest BCUT2D eigenvalue weighted by atomic mass is 9.98. The summed E-state index contributed by atoms with van der Waals surface area (Å²) in [5.41, 5.74) is 0. The first-order valence-electron chi connectivity index (χ1n) is 7.58. The molecular weight excluding hydrogens is 470 g/mol. The second kappa shape index (κ2) is 12.5. The fourth-order valence-corrected chi connectivity index (χ4v) is 2.46. The summed E-state index contributed by atoms with van der Waals surface area (Å²) < 4.78 is 25.1. The molecule has 0 spiro atoms. The van der Waals surface area contributed by atoms with Gasteiger partial charge in [0, 0.05) is 0 Å². The van der Waals surface area contributed by atoms with Crippen LogP contribution in [0.4, 0.5) is 0 Å². The van der Waals surface area contributed by atoms with Crippen molar-refractivity contribution in [2.75, 3.05) is 30.1 Å². The fourth-order valence-electron chi connectivity index (χ4n) is 2.19. The second-order valence-electron chi connectivity index (χ2n) is 5.15. The third-order valence-corrected chi connectivity index (χ3v) is 4.13. The third kappa shape index (κ3) is 7.41. The number of hydrogen-bond acceptors (Lipinski definition) is 10. The van der Waals surface area contributed by atoms with Gasteiger partial charge in [0.15, 0.2) is 24.6 Å². The van der Waals surface area contributed by atoms with E-state index in [1.165, 1.54) is 0 Å². The summed E-state index contributed by atoms with van der Waals surface area (Å²) in [5, 5.41) is 10.2. The van der Waals surface area contributed by atoms with Crippen molar-refractivity contribution in [3.05, 3.63) is 0 Å². The van der Waals surface area contributed by atoms with Gasteiger partial charge < -0.3 is 28.8 Å². The normalized spacial score (nSPS) is 26.8. The summed E-state index contributed by atoms with van der Waals surface area (Å²) in [6.45, 7) is -0.534. The van der Waals surface area contributed by atoms with Gasteiger partial charge in [0.05, 0.1) is 0 Å². The molecule has 160 valence electrons. The molecule has 0 bridgehead atoms. The Hall–Kier alpha value is -1.04. The van der Waals surface area contributed by atoms with Gasteiger partial charge in [-0.1, -0.05) is 0 Å². The Balaban J connectivity index is 3.17. The van der Waals surface area contributed by atoms with E-state index in [4.69, 9.17) is 70.1 Å². The predicted octanol–water partition coefficient (Wildman–Crippen LogP) is -0.0626. The highest BCUT2D eigenvalue weighted by Crippen LogP contribution is 2.28. The highest BCUT2D eigenvalue weighted by molar-refractivity contribution is 6.27. The number of rotatable bonds is 9. The Morgan fingerprint density at radius 2 is 1.14 bits per heavy atom. The zero-order valence-corrected chi connectivity index (χ0v) is 17.1. The largest absolute Gasteiger partial charge is 0.462 e. The van der Waals surface area contributed by atoms with Gasteiger partial charge in [-0.05, 0) is 0 Å². The molecule has 1 saturated heterocycles. The van der Waals surface area contributed by atoms with Crippen molar-refractivity contribution < 1.29 is 48.0 Å². The summed E-state index contributed by atoms with van der Waals surface area (Å²) in [6.07, 6.45) is -7.81. The molecule has 0 amide bonds. The van der Waals surface area contributed by atoms with Crippen LogP contribution >= 0.6 is 46.4 Å². The number of aliphatic hydroxyl groups is 1. The first kappa shape index (κ1) is 25.0. The van der Waals surface area contributed by atoms with Crippen molar-refractivity contribution in [1.29, 1.82) is 0 Å². The van der Waals surface area contributed by atoms with Crippen molar-refractivity contribution in [3.8, 4) is 0 Å². The standard InChI is InChI=1S/C14H16Cl4O10/c15-1-7(19)24-5-6-11(26-8(20)2-16)12(27-9(21)3-17)13(14(23)25-6)28-10(22)4-18/h6,11-14,23H,1-5H2/t6-,11-,12+,13-,14+/m1/s1. The zero-order chi connectivity index (χ0) is 21.3. The van der Waals surface area contributed by atoms with Crippen LogP contribution in [0.15, 0.2) is 0 Å². The maximum absolute atomic E-state index is 11.7. The molecule has 0 aliphatic carbocycles. The van der Waals surface area contributed by atoms with Crippen LogP contribution in [0, 0.1) is 0 Å². The molecule has 0 saturated carbocycles. The first-order valence-corrected chi connectivity index (χ1v) is 9.72. The monoisotopic (exact) mass is 484 g/mol. The second-order valence-corrected chi connectivity index (χ2v) is 6.22. The van der Waals surface area contributed by atoms with E-state index >= 15 is 0 Å². The quantitative estimate of drug-likeness (QED) is 0.268. The number of carbonyl (C=O) groups excluding carboxylic acids is 4. The van der Waals surface area contributed by atoms with Crippen LogP contribution in [0.3, 0.4) is 0 Å². The number of halogens is 4. The van der Waals surface area contributed by atoms with Gasteiger partial charge in [-0.3, -0.25) is 19.2 Å². The van der Waals surface area contributed by atoms with Gasteiger partial charge >= 0.3 is 23.9 Å². The maximum atomic E-state index is 11.7. The van der Waals surface area contributed by atoms with Crippen LogP contribution in [0.1, 0.15) is 0 Å². The number of hydrogen-bond donors (Lipinski definition) is 1. The molecule has 0 aromatic rings. The van der Waals surface area contributed by atoms with Gasteiger partial charge in [-0.15, -0.1) is 46.4 Å². The van der Waals surface area contributed by atoms with E-state index < -0.39 is 84.7 Å². The van der Waals surface area contributed by atoms with Gasteiger partial charge in [-0.2, -0.15) is 0 Å². The molecule has 5 atom stereocenters. The molecule has 28 heavy (non-hydrogen) atoms. The molecule has 0 unspecified atom stereocenters. The number of alkyl halides is 4. The molecule has 1 fully saturated rings. The number of esters is 4. The van der Waals surface area contributed by atoms with Crippen molar-refractivity contribution in [3.63, 3.8) is 0 Å². The summed E-state index contributed by atoms with van der Waals surface area (Å²) in [5.74, 6) is -5.94. The van der Waals surface area contributed by atoms with E-state index in [1.54, 1.807) is 0 Å². The van der Waals surface area contributed by atoms with Crippen LogP contribution < -0.4 is 0 Å². The SMILES string of the molecule is O=C(CCl)OC[C@H]1O[C@H](O)[C@H](OC(=O)CCl)[C@@H](OC(=O)CCl)[C@@H]1OC(=O)CCl. The first-order chi connectivity index (χ1) is 13.3. The smallest absolute Gasteiger partial charge is 0.321 e. The van der Waals surface area contributed by atoms with Crippen LogP contribution in [-0.2, 0) is 42.9 Å². The molecule has 1 heterocycles. The summed E-state index contributed by atoms with van der Waals surface area (Å²) in [4.78, 5) is 46.2. The molecule has 1 aliphatic heterocycles. The van der Waals surface area contributed by atoms with Crippen molar-refractivity contribution in [1.82, 2.24) is 0 Å². The molecule has 1 aliphatic rings. The third-order valence-electron chi connectivity index (χ3n) is 3.26. The molecule has 10 nitrogen and oxygen atoms in total. The van der Waals surface area contributed by atoms with E-state index in [9.17, 15) is 24.3 Å². The van der Waals surface area contributed by atoms with Crippen molar-refractivity contribution in [2.24, 2.45) is 0 Å². The number of ether oxygens (including phenoxy) is 5. The van der Waals surface area contributed by atoms with Gasteiger partial charge in [0.25, 0.3) is 0 Å². The molecular formula is C14H16Cl4O10. The zero-order valence-electron chi connectivity index (χ0n) is 14.1. The Morgan fingerprint density at radius 3 is 1.61 bits per heavy atom. The minimum atomic E-state index is -1.84. The lowest BCUT2D eigenvalue weighted by Crippen LogP contribution is -2.62. The van der Waals surface area contributed by atoms with Gasteiger partial charge in [-0.25, -0.2) is 0 Å². The minimum Gasteiger partial charge on any atom is -0.462 e. The van der Waals surface area contributed by atoms with E-state index in [0.717, 1.165) is 0 Å². The lowest BCUT2D eigenvalue weighted by Gasteiger charge is -2.42. The van der Waals surface area contributed by atoms with Crippen LogP contribution in [0.5, 0.6) is 0 Å². The molecule has 0 radical (unpaired) electrons.